The van der Waals surface area contributed by atoms with Crippen LogP contribution in [0.15, 0.2) is 53.9 Å². The number of hydrogen-bond acceptors (Lipinski definition) is 6. The number of nitro benzene ring substituents is 1. The fourth-order valence-electron chi connectivity index (χ4n) is 2.21. The highest BCUT2D eigenvalue weighted by molar-refractivity contribution is 7.09. The van der Waals surface area contributed by atoms with Crippen LogP contribution in [0.2, 0.25) is 0 Å². The van der Waals surface area contributed by atoms with E-state index in [0.29, 0.717) is 5.01 Å². The zero-order valence-electron chi connectivity index (χ0n) is 12.9. The second-order valence-corrected chi connectivity index (χ2v) is 6.08. The number of phenolic OH excluding ortho intramolecular Hbond substituents is 1. The van der Waals surface area contributed by atoms with E-state index in [1.807, 2.05) is 35.7 Å². The summed E-state index contributed by atoms with van der Waals surface area (Å²) >= 11 is 1.41. The minimum Gasteiger partial charge on any atom is -0.507 e. The molecule has 1 amide bonds. The summed E-state index contributed by atoms with van der Waals surface area (Å²) in [6.45, 7) is 0.201. The maximum atomic E-state index is 12.1. The molecule has 1 aromatic heterocycles. The molecule has 25 heavy (non-hydrogen) atoms. The molecule has 0 fully saturated rings. The van der Waals surface area contributed by atoms with Crippen molar-refractivity contribution >= 4 is 22.9 Å². The summed E-state index contributed by atoms with van der Waals surface area (Å²) in [4.78, 5) is 26.6. The quantitative estimate of drug-likeness (QED) is 0.539. The Bertz CT molecular complexity index is 925. The molecule has 3 rings (SSSR count). The average Bonchev–Trinajstić information content (AvgIpc) is 3.09. The number of carbonyl (C=O) groups excluding carboxylic acids is 1. The van der Waals surface area contributed by atoms with E-state index in [0.717, 1.165) is 17.3 Å². The van der Waals surface area contributed by atoms with Gasteiger partial charge in [0.2, 0.25) is 0 Å². The summed E-state index contributed by atoms with van der Waals surface area (Å²) in [7, 11) is 0. The van der Waals surface area contributed by atoms with Gasteiger partial charge in [0.1, 0.15) is 10.8 Å². The van der Waals surface area contributed by atoms with E-state index in [9.17, 15) is 20.0 Å². The summed E-state index contributed by atoms with van der Waals surface area (Å²) in [5, 5.41) is 25.7. The molecular formula is C17H13N3O4S. The second-order valence-electron chi connectivity index (χ2n) is 5.13. The Labute approximate surface area is 146 Å². The fraction of sp³-hybridized carbons (Fsp3) is 0.0588. The summed E-state index contributed by atoms with van der Waals surface area (Å²) in [5.41, 5.74) is 1.52. The lowest BCUT2D eigenvalue weighted by Gasteiger charge is -2.05. The van der Waals surface area contributed by atoms with Crippen LogP contribution < -0.4 is 5.32 Å². The van der Waals surface area contributed by atoms with Crippen LogP contribution >= 0.6 is 11.3 Å². The van der Waals surface area contributed by atoms with Crippen molar-refractivity contribution < 1.29 is 14.8 Å². The van der Waals surface area contributed by atoms with Crippen molar-refractivity contribution in [3.05, 3.63) is 74.6 Å². The maximum absolute atomic E-state index is 12.1. The van der Waals surface area contributed by atoms with E-state index in [1.54, 1.807) is 0 Å². The zero-order valence-corrected chi connectivity index (χ0v) is 13.7. The average molecular weight is 355 g/mol. The van der Waals surface area contributed by atoms with Gasteiger partial charge in [0, 0.05) is 17.0 Å². The number of rotatable bonds is 5. The van der Waals surface area contributed by atoms with Crippen molar-refractivity contribution in [2.24, 2.45) is 0 Å². The summed E-state index contributed by atoms with van der Waals surface area (Å²) in [5.74, 6) is -0.959. The summed E-state index contributed by atoms with van der Waals surface area (Å²) in [6, 6.07) is 13.0. The first-order chi connectivity index (χ1) is 12.0. The van der Waals surface area contributed by atoms with Gasteiger partial charge in [-0.1, -0.05) is 30.3 Å². The molecule has 3 aromatic rings. The van der Waals surface area contributed by atoms with E-state index in [1.165, 1.54) is 23.5 Å². The molecule has 126 valence electrons. The molecule has 0 spiro atoms. The highest BCUT2D eigenvalue weighted by Crippen LogP contribution is 2.24. The standard InChI is InChI=1S/C17H13N3O4S/c21-15-8-12(20(23)24)6-7-13(15)17(22)18-9-16-19-14(10-25-16)11-4-2-1-3-5-11/h1-8,10,21H,9H2,(H,18,22). The minimum atomic E-state index is -0.637. The minimum absolute atomic E-state index is 0.0227. The van der Waals surface area contributed by atoms with Gasteiger partial charge in [0.25, 0.3) is 11.6 Å². The lowest BCUT2D eigenvalue weighted by molar-refractivity contribution is -0.384. The van der Waals surface area contributed by atoms with Crippen molar-refractivity contribution in [2.75, 3.05) is 0 Å². The third-order valence-electron chi connectivity index (χ3n) is 3.46. The summed E-state index contributed by atoms with van der Waals surface area (Å²) in [6.07, 6.45) is 0. The third kappa shape index (κ3) is 3.81. The first-order valence-corrected chi connectivity index (χ1v) is 8.18. The molecule has 0 unspecified atom stereocenters. The SMILES string of the molecule is O=C(NCc1nc(-c2ccccc2)cs1)c1ccc([N+](=O)[O-])cc1O. The molecule has 0 bridgehead atoms. The van der Waals surface area contributed by atoms with Crippen LogP contribution in [0.25, 0.3) is 11.3 Å². The molecule has 0 aliphatic rings. The van der Waals surface area contributed by atoms with E-state index in [4.69, 9.17) is 0 Å². The molecule has 0 saturated heterocycles. The highest BCUT2D eigenvalue weighted by Gasteiger charge is 2.16. The lowest BCUT2D eigenvalue weighted by atomic mass is 10.1. The van der Waals surface area contributed by atoms with Gasteiger partial charge < -0.3 is 10.4 Å². The maximum Gasteiger partial charge on any atom is 0.273 e. The van der Waals surface area contributed by atoms with Crippen LogP contribution in [0.1, 0.15) is 15.4 Å². The van der Waals surface area contributed by atoms with Crippen LogP contribution in [-0.4, -0.2) is 20.9 Å². The number of aromatic hydroxyl groups is 1. The molecule has 7 nitrogen and oxygen atoms in total. The molecule has 1 heterocycles. The molecule has 0 saturated carbocycles. The predicted molar refractivity (Wildman–Crippen MR) is 93.5 cm³/mol. The number of carbonyl (C=O) groups is 1. The van der Waals surface area contributed by atoms with Crippen molar-refractivity contribution in [3.63, 3.8) is 0 Å². The number of nitro groups is 1. The molecule has 2 aromatic carbocycles. The normalized spacial score (nSPS) is 10.4. The predicted octanol–water partition coefficient (Wildman–Crippen LogP) is 3.35. The van der Waals surface area contributed by atoms with Crippen molar-refractivity contribution in [1.29, 1.82) is 0 Å². The van der Waals surface area contributed by atoms with Gasteiger partial charge in [-0.3, -0.25) is 14.9 Å². The Morgan fingerprint density at radius 3 is 2.68 bits per heavy atom. The van der Waals surface area contributed by atoms with Gasteiger partial charge >= 0.3 is 0 Å². The first-order valence-electron chi connectivity index (χ1n) is 7.30. The number of aromatic nitrogens is 1. The van der Waals surface area contributed by atoms with Gasteiger partial charge in [0.05, 0.1) is 28.8 Å². The van der Waals surface area contributed by atoms with Crippen LogP contribution in [0, 0.1) is 10.1 Å². The Hall–Kier alpha value is -3.26. The Morgan fingerprint density at radius 2 is 2.00 bits per heavy atom. The van der Waals surface area contributed by atoms with Gasteiger partial charge in [-0.05, 0) is 6.07 Å². The molecule has 8 heteroatoms. The molecular weight excluding hydrogens is 342 g/mol. The largest absolute Gasteiger partial charge is 0.507 e. The van der Waals surface area contributed by atoms with Gasteiger partial charge in [-0.15, -0.1) is 11.3 Å². The molecule has 2 N–H and O–H groups in total. The van der Waals surface area contributed by atoms with Crippen LogP contribution in [0.3, 0.4) is 0 Å². The van der Waals surface area contributed by atoms with Crippen LogP contribution in [0.4, 0.5) is 5.69 Å². The van der Waals surface area contributed by atoms with Gasteiger partial charge in [0.15, 0.2) is 0 Å². The molecule has 0 radical (unpaired) electrons. The summed E-state index contributed by atoms with van der Waals surface area (Å²) < 4.78 is 0. The third-order valence-corrected chi connectivity index (χ3v) is 4.31. The van der Waals surface area contributed by atoms with Crippen LogP contribution in [-0.2, 0) is 6.54 Å². The Morgan fingerprint density at radius 1 is 1.24 bits per heavy atom. The number of phenols is 1. The number of hydrogen-bond donors (Lipinski definition) is 2. The monoisotopic (exact) mass is 355 g/mol. The fourth-order valence-corrected chi connectivity index (χ4v) is 2.95. The number of benzene rings is 2. The Balaban J connectivity index is 1.67. The molecule has 0 aliphatic heterocycles. The van der Waals surface area contributed by atoms with E-state index in [2.05, 4.69) is 10.3 Å². The molecule has 0 atom stereocenters. The highest BCUT2D eigenvalue weighted by atomic mass is 32.1. The van der Waals surface area contributed by atoms with Crippen molar-refractivity contribution in [3.8, 4) is 17.0 Å². The second kappa shape index (κ2) is 7.10. The van der Waals surface area contributed by atoms with Gasteiger partial charge in [-0.2, -0.15) is 0 Å². The van der Waals surface area contributed by atoms with Gasteiger partial charge in [-0.25, -0.2) is 4.98 Å². The zero-order chi connectivity index (χ0) is 17.8. The van der Waals surface area contributed by atoms with E-state index < -0.39 is 16.6 Å². The lowest BCUT2D eigenvalue weighted by Crippen LogP contribution is -2.22. The first kappa shape index (κ1) is 16.6. The molecule has 0 aliphatic carbocycles. The van der Waals surface area contributed by atoms with E-state index in [-0.39, 0.29) is 17.8 Å². The van der Waals surface area contributed by atoms with Crippen molar-refractivity contribution in [1.82, 2.24) is 10.3 Å². The number of non-ortho nitro benzene ring substituents is 1. The number of thiazole rings is 1. The van der Waals surface area contributed by atoms with Crippen LogP contribution in [0.5, 0.6) is 5.75 Å². The topological polar surface area (TPSA) is 105 Å². The van der Waals surface area contributed by atoms with E-state index >= 15 is 0 Å². The number of amides is 1. The number of nitrogens with one attached hydrogen (secondary N) is 1. The number of nitrogens with zero attached hydrogens (tertiary/aromatic N) is 2. The van der Waals surface area contributed by atoms with Crippen molar-refractivity contribution in [2.45, 2.75) is 6.54 Å². The smallest absolute Gasteiger partial charge is 0.273 e. The Kier molecular flexibility index (Phi) is 4.71.